The third-order valence-electron chi connectivity index (χ3n) is 4.70. The van der Waals surface area contributed by atoms with Crippen molar-refractivity contribution in [3.05, 3.63) is 23.8 Å². The summed E-state index contributed by atoms with van der Waals surface area (Å²) in [5.41, 5.74) is 0.489. The molecule has 0 spiro atoms. The van der Waals surface area contributed by atoms with Crippen LogP contribution in [-0.4, -0.2) is 32.9 Å². The molecule has 1 amide bonds. The first kappa shape index (κ1) is 14.9. The lowest BCUT2D eigenvalue weighted by molar-refractivity contribution is -0.0882. The van der Waals surface area contributed by atoms with Crippen LogP contribution in [0.3, 0.4) is 0 Å². The zero-order valence-electron chi connectivity index (χ0n) is 13.6. The highest BCUT2D eigenvalue weighted by molar-refractivity contribution is 5.95. The van der Waals surface area contributed by atoms with Crippen LogP contribution in [0.1, 0.15) is 64.6 Å². The molecule has 0 N–H and O–H groups in total. The Morgan fingerprint density at radius 1 is 1.15 bits per heavy atom. The summed E-state index contributed by atoms with van der Waals surface area (Å²) in [6, 6.07) is 0. The Kier molecular flexibility index (Phi) is 3.19. The SMILES string of the molecule is CC(C)(C)c1ncc(C(=O)N2CC(C)(C)C2(C)C)cn1. The van der Waals surface area contributed by atoms with Gasteiger partial charge in [-0.15, -0.1) is 0 Å². The van der Waals surface area contributed by atoms with Crippen LogP contribution in [0.5, 0.6) is 0 Å². The Balaban J connectivity index is 2.20. The lowest BCUT2D eigenvalue weighted by Gasteiger charge is -2.61. The third kappa shape index (κ3) is 2.21. The van der Waals surface area contributed by atoms with Crippen molar-refractivity contribution in [2.24, 2.45) is 5.41 Å². The Morgan fingerprint density at radius 2 is 1.65 bits per heavy atom. The molecule has 0 atom stereocenters. The van der Waals surface area contributed by atoms with Crippen molar-refractivity contribution in [1.82, 2.24) is 14.9 Å². The number of carbonyl (C=O) groups excluding carboxylic acids is 1. The van der Waals surface area contributed by atoms with E-state index < -0.39 is 0 Å². The van der Waals surface area contributed by atoms with Gasteiger partial charge in [-0.1, -0.05) is 34.6 Å². The van der Waals surface area contributed by atoms with Crippen molar-refractivity contribution in [3.63, 3.8) is 0 Å². The molecule has 1 aromatic rings. The smallest absolute Gasteiger partial charge is 0.257 e. The number of carbonyl (C=O) groups is 1. The van der Waals surface area contributed by atoms with Crippen LogP contribution in [0.4, 0.5) is 0 Å². The minimum atomic E-state index is -0.132. The van der Waals surface area contributed by atoms with Gasteiger partial charge in [0, 0.05) is 35.3 Å². The van der Waals surface area contributed by atoms with Gasteiger partial charge in [0.15, 0.2) is 0 Å². The van der Waals surface area contributed by atoms with Crippen molar-refractivity contribution >= 4 is 5.91 Å². The maximum Gasteiger partial charge on any atom is 0.257 e. The summed E-state index contributed by atoms with van der Waals surface area (Å²) in [5, 5.41) is 0. The fourth-order valence-electron chi connectivity index (χ4n) is 2.37. The molecule has 0 saturated carbocycles. The molecule has 0 bridgehead atoms. The Morgan fingerprint density at radius 3 is 2.00 bits per heavy atom. The van der Waals surface area contributed by atoms with Gasteiger partial charge in [0.2, 0.25) is 0 Å². The van der Waals surface area contributed by atoms with E-state index in [1.54, 1.807) is 12.4 Å². The van der Waals surface area contributed by atoms with E-state index in [1.165, 1.54) is 0 Å². The van der Waals surface area contributed by atoms with E-state index in [0.717, 1.165) is 12.4 Å². The lowest BCUT2D eigenvalue weighted by Crippen LogP contribution is -2.70. The molecular weight excluding hydrogens is 250 g/mol. The maximum atomic E-state index is 12.5. The van der Waals surface area contributed by atoms with E-state index >= 15 is 0 Å². The van der Waals surface area contributed by atoms with Crippen molar-refractivity contribution in [1.29, 1.82) is 0 Å². The molecule has 2 rings (SSSR count). The van der Waals surface area contributed by atoms with E-state index in [2.05, 4.69) is 58.4 Å². The number of likely N-dealkylation sites (tertiary alicyclic amines) is 1. The number of aromatic nitrogens is 2. The molecule has 4 heteroatoms. The topological polar surface area (TPSA) is 46.1 Å². The zero-order chi connectivity index (χ0) is 15.3. The third-order valence-corrected chi connectivity index (χ3v) is 4.70. The van der Waals surface area contributed by atoms with E-state index in [9.17, 15) is 4.79 Å². The number of amides is 1. The molecule has 1 aliphatic rings. The second kappa shape index (κ2) is 4.27. The second-order valence-electron chi connectivity index (χ2n) is 7.88. The van der Waals surface area contributed by atoms with Crippen LogP contribution >= 0.6 is 0 Å². The molecule has 0 unspecified atom stereocenters. The molecule has 1 saturated heterocycles. The fraction of sp³-hybridized carbons (Fsp3) is 0.688. The summed E-state index contributed by atoms with van der Waals surface area (Å²) in [6.45, 7) is 15.6. The quantitative estimate of drug-likeness (QED) is 0.791. The molecule has 2 heterocycles. The Hall–Kier alpha value is -1.45. The molecule has 1 aliphatic heterocycles. The summed E-state index contributed by atoms with van der Waals surface area (Å²) >= 11 is 0. The average Bonchev–Trinajstić information content (AvgIpc) is 2.34. The van der Waals surface area contributed by atoms with E-state index in [4.69, 9.17) is 0 Å². The highest BCUT2D eigenvalue weighted by atomic mass is 16.2. The van der Waals surface area contributed by atoms with Gasteiger partial charge in [0.25, 0.3) is 5.91 Å². The summed E-state index contributed by atoms with van der Waals surface area (Å²) < 4.78 is 0. The molecule has 20 heavy (non-hydrogen) atoms. The van der Waals surface area contributed by atoms with Gasteiger partial charge in [0.1, 0.15) is 5.82 Å². The number of rotatable bonds is 1. The minimum absolute atomic E-state index is 0.0229. The summed E-state index contributed by atoms with van der Waals surface area (Å²) in [5.74, 6) is 0.784. The highest BCUT2D eigenvalue weighted by Crippen LogP contribution is 2.46. The van der Waals surface area contributed by atoms with Gasteiger partial charge < -0.3 is 4.90 Å². The van der Waals surface area contributed by atoms with Gasteiger partial charge in [-0.2, -0.15) is 0 Å². The molecule has 1 aromatic heterocycles. The first-order valence-corrected chi connectivity index (χ1v) is 7.11. The molecular formula is C16H25N3O. The van der Waals surface area contributed by atoms with Gasteiger partial charge in [-0.25, -0.2) is 9.97 Å². The van der Waals surface area contributed by atoms with Crippen LogP contribution in [-0.2, 0) is 5.41 Å². The summed E-state index contributed by atoms with van der Waals surface area (Å²) in [4.78, 5) is 23.1. The van der Waals surface area contributed by atoms with Gasteiger partial charge in [-0.3, -0.25) is 4.79 Å². The fourth-order valence-corrected chi connectivity index (χ4v) is 2.37. The van der Waals surface area contributed by atoms with Crippen molar-refractivity contribution in [2.75, 3.05) is 6.54 Å². The van der Waals surface area contributed by atoms with Crippen molar-refractivity contribution in [3.8, 4) is 0 Å². The van der Waals surface area contributed by atoms with Crippen molar-refractivity contribution in [2.45, 2.75) is 59.4 Å². The summed E-state index contributed by atoms with van der Waals surface area (Å²) in [6.07, 6.45) is 3.30. The Bertz CT molecular complexity index is 524. The largest absolute Gasteiger partial charge is 0.332 e. The minimum Gasteiger partial charge on any atom is -0.332 e. The first-order valence-electron chi connectivity index (χ1n) is 7.11. The predicted molar refractivity (Wildman–Crippen MR) is 79.6 cm³/mol. The molecule has 0 aliphatic carbocycles. The van der Waals surface area contributed by atoms with Crippen LogP contribution in [0, 0.1) is 5.41 Å². The van der Waals surface area contributed by atoms with Crippen LogP contribution < -0.4 is 0 Å². The summed E-state index contributed by atoms with van der Waals surface area (Å²) in [7, 11) is 0. The molecule has 0 radical (unpaired) electrons. The molecule has 1 fully saturated rings. The van der Waals surface area contributed by atoms with E-state index in [-0.39, 0.29) is 22.3 Å². The number of nitrogens with zero attached hydrogens (tertiary/aromatic N) is 3. The van der Waals surface area contributed by atoms with Crippen LogP contribution in [0.2, 0.25) is 0 Å². The molecule has 110 valence electrons. The molecule has 0 aromatic carbocycles. The van der Waals surface area contributed by atoms with Crippen LogP contribution in [0.25, 0.3) is 0 Å². The lowest BCUT2D eigenvalue weighted by atomic mass is 9.65. The van der Waals surface area contributed by atoms with E-state index in [1.807, 2.05) is 4.90 Å². The van der Waals surface area contributed by atoms with Gasteiger partial charge in [-0.05, 0) is 13.8 Å². The number of hydrogen-bond donors (Lipinski definition) is 0. The number of hydrogen-bond acceptors (Lipinski definition) is 3. The first-order chi connectivity index (χ1) is 8.97. The van der Waals surface area contributed by atoms with Crippen molar-refractivity contribution < 1.29 is 4.79 Å². The second-order valence-corrected chi connectivity index (χ2v) is 7.88. The van der Waals surface area contributed by atoms with Gasteiger partial charge >= 0.3 is 0 Å². The van der Waals surface area contributed by atoms with Crippen LogP contribution in [0.15, 0.2) is 12.4 Å². The van der Waals surface area contributed by atoms with Gasteiger partial charge in [0.05, 0.1) is 5.56 Å². The molecule has 4 nitrogen and oxygen atoms in total. The average molecular weight is 275 g/mol. The van der Waals surface area contributed by atoms with E-state index in [0.29, 0.717) is 5.56 Å². The normalized spacial score (nSPS) is 20.4. The zero-order valence-corrected chi connectivity index (χ0v) is 13.6. The Labute approximate surface area is 121 Å². The highest BCUT2D eigenvalue weighted by Gasteiger charge is 2.54. The monoisotopic (exact) mass is 275 g/mol. The standard InChI is InChI=1S/C16H25N3O/c1-14(2,3)13-17-8-11(9-18-13)12(20)19-10-15(4,5)16(19,6)7/h8-9H,10H2,1-7H3. The predicted octanol–water partition coefficient (Wildman–Crippen LogP) is 3.03. The maximum absolute atomic E-state index is 12.5.